The summed E-state index contributed by atoms with van der Waals surface area (Å²) in [5.74, 6) is -0.785. The van der Waals surface area contributed by atoms with E-state index in [1.807, 2.05) is 44.2 Å². The maximum Gasteiger partial charge on any atom is 0.237 e. The van der Waals surface area contributed by atoms with Gasteiger partial charge >= 0.3 is 0 Å². The number of rotatable bonds is 6. The number of carbonyl (C=O) groups is 4. The minimum Gasteiger partial charge on any atom is -0.495 e. The molecule has 0 bridgehead atoms. The predicted molar refractivity (Wildman–Crippen MR) is 128 cm³/mol. The predicted octanol–water partition coefficient (Wildman–Crippen LogP) is 3.08. The molecule has 2 saturated heterocycles. The molecule has 8 nitrogen and oxygen atoms in total. The highest BCUT2D eigenvalue weighted by Gasteiger charge is 2.42. The van der Waals surface area contributed by atoms with Gasteiger partial charge in [0.25, 0.3) is 0 Å². The van der Waals surface area contributed by atoms with Crippen molar-refractivity contribution in [3.63, 3.8) is 0 Å². The van der Waals surface area contributed by atoms with Crippen LogP contribution in [0.2, 0.25) is 0 Å². The van der Waals surface area contributed by atoms with Gasteiger partial charge in [-0.3, -0.25) is 24.5 Å². The van der Waals surface area contributed by atoms with Gasteiger partial charge in [-0.05, 0) is 55.2 Å². The first-order valence-corrected chi connectivity index (χ1v) is 11.5. The average molecular weight is 464 g/mol. The quantitative estimate of drug-likeness (QED) is 0.641. The van der Waals surface area contributed by atoms with Crippen LogP contribution in [-0.4, -0.2) is 37.3 Å². The highest BCUT2D eigenvalue weighted by Crippen LogP contribution is 2.37. The molecule has 178 valence electrons. The maximum atomic E-state index is 12.9. The SMILES string of the molecule is CCC1(c2ccc(NC(=O)C3CC(=O)N(c4cc(C)ccc4OC)C3)cc2)CCC(=O)NC1=O. The summed E-state index contributed by atoms with van der Waals surface area (Å²) in [6.45, 7) is 4.14. The number of ether oxygens (including phenoxy) is 1. The van der Waals surface area contributed by atoms with Gasteiger partial charge in [0.1, 0.15) is 5.75 Å². The third-order valence-electron chi connectivity index (χ3n) is 6.90. The van der Waals surface area contributed by atoms with Crippen molar-refractivity contribution in [2.24, 2.45) is 5.92 Å². The van der Waals surface area contributed by atoms with Crippen molar-refractivity contribution in [1.29, 1.82) is 0 Å². The number of nitrogens with one attached hydrogen (secondary N) is 2. The molecular formula is C26H29N3O5. The number of carbonyl (C=O) groups excluding carboxylic acids is 4. The lowest BCUT2D eigenvalue weighted by atomic mass is 9.72. The van der Waals surface area contributed by atoms with Crippen LogP contribution in [0.25, 0.3) is 0 Å². The maximum absolute atomic E-state index is 12.9. The van der Waals surface area contributed by atoms with Crippen molar-refractivity contribution >= 4 is 35.0 Å². The highest BCUT2D eigenvalue weighted by molar-refractivity contribution is 6.05. The van der Waals surface area contributed by atoms with E-state index in [0.29, 0.717) is 36.4 Å². The fourth-order valence-electron chi connectivity index (χ4n) is 4.81. The number of amides is 4. The molecule has 2 heterocycles. The van der Waals surface area contributed by atoms with Crippen LogP contribution < -0.4 is 20.3 Å². The summed E-state index contributed by atoms with van der Waals surface area (Å²) in [6, 6.07) is 12.8. The van der Waals surface area contributed by atoms with Gasteiger partial charge in [0.2, 0.25) is 23.6 Å². The van der Waals surface area contributed by atoms with Gasteiger partial charge in [0, 0.05) is 25.1 Å². The van der Waals surface area contributed by atoms with Crippen molar-refractivity contribution < 1.29 is 23.9 Å². The van der Waals surface area contributed by atoms with E-state index >= 15 is 0 Å². The monoisotopic (exact) mass is 463 g/mol. The zero-order valence-electron chi connectivity index (χ0n) is 19.6. The summed E-state index contributed by atoms with van der Waals surface area (Å²) >= 11 is 0. The lowest BCUT2D eigenvalue weighted by molar-refractivity contribution is -0.138. The van der Waals surface area contributed by atoms with Crippen LogP contribution in [0.1, 0.15) is 43.7 Å². The van der Waals surface area contributed by atoms with Crippen molar-refractivity contribution in [1.82, 2.24) is 5.32 Å². The van der Waals surface area contributed by atoms with E-state index in [0.717, 1.165) is 11.1 Å². The van der Waals surface area contributed by atoms with E-state index in [2.05, 4.69) is 10.6 Å². The van der Waals surface area contributed by atoms with Crippen LogP contribution in [0.4, 0.5) is 11.4 Å². The second-order valence-electron chi connectivity index (χ2n) is 8.96. The highest BCUT2D eigenvalue weighted by atomic mass is 16.5. The van der Waals surface area contributed by atoms with Gasteiger partial charge < -0.3 is 15.0 Å². The molecule has 0 radical (unpaired) electrons. The Morgan fingerprint density at radius 2 is 1.91 bits per heavy atom. The number of aryl methyl sites for hydroxylation is 1. The lowest BCUT2D eigenvalue weighted by Gasteiger charge is -2.35. The number of anilines is 2. The Morgan fingerprint density at radius 3 is 2.56 bits per heavy atom. The minimum atomic E-state index is -0.748. The number of hydrogen-bond donors (Lipinski definition) is 2. The molecule has 2 aromatic rings. The first-order valence-electron chi connectivity index (χ1n) is 11.5. The molecule has 2 aliphatic rings. The largest absolute Gasteiger partial charge is 0.495 e. The third kappa shape index (κ3) is 4.27. The number of nitrogens with zero attached hydrogens (tertiary/aromatic N) is 1. The molecule has 2 aromatic carbocycles. The summed E-state index contributed by atoms with van der Waals surface area (Å²) in [5.41, 5.74) is 2.32. The fourth-order valence-corrected chi connectivity index (χ4v) is 4.81. The number of imide groups is 1. The molecule has 8 heteroatoms. The summed E-state index contributed by atoms with van der Waals surface area (Å²) in [6.07, 6.45) is 1.45. The lowest BCUT2D eigenvalue weighted by Crippen LogP contribution is -2.51. The number of piperidine rings is 1. The van der Waals surface area contributed by atoms with Crippen molar-refractivity contribution in [3.8, 4) is 5.75 Å². The second-order valence-corrected chi connectivity index (χ2v) is 8.96. The Hall–Kier alpha value is -3.68. The smallest absolute Gasteiger partial charge is 0.237 e. The van der Waals surface area contributed by atoms with Crippen LogP contribution in [0.3, 0.4) is 0 Å². The van der Waals surface area contributed by atoms with Crippen molar-refractivity contribution in [3.05, 3.63) is 53.6 Å². The Labute approximate surface area is 198 Å². The second kappa shape index (κ2) is 9.29. The molecule has 0 aromatic heterocycles. The first-order chi connectivity index (χ1) is 16.3. The molecule has 2 atom stereocenters. The Balaban J connectivity index is 1.46. The summed E-state index contributed by atoms with van der Waals surface area (Å²) in [7, 11) is 1.56. The summed E-state index contributed by atoms with van der Waals surface area (Å²) < 4.78 is 5.40. The number of methoxy groups -OCH3 is 1. The summed E-state index contributed by atoms with van der Waals surface area (Å²) in [5, 5.41) is 5.34. The molecule has 2 N–H and O–H groups in total. The molecule has 0 aliphatic carbocycles. The van der Waals surface area contributed by atoms with Gasteiger partial charge in [-0.15, -0.1) is 0 Å². The Bertz CT molecular complexity index is 1140. The van der Waals surface area contributed by atoms with E-state index in [9.17, 15) is 19.2 Å². The number of hydrogen-bond acceptors (Lipinski definition) is 5. The summed E-state index contributed by atoms with van der Waals surface area (Å²) in [4.78, 5) is 51.4. The Morgan fingerprint density at radius 1 is 1.18 bits per heavy atom. The van der Waals surface area contributed by atoms with Gasteiger partial charge in [0.15, 0.2) is 0 Å². The molecular weight excluding hydrogens is 434 g/mol. The van der Waals surface area contributed by atoms with Gasteiger partial charge in [-0.25, -0.2) is 0 Å². The molecule has 2 unspecified atom stereocenters. The van der Waals surface area contributed by atoms with Crippen LogP contribution in [0.5, 0.6) is 5.75 Å². The minimum absolute atomic E-state index is 0.119. The van der Waals surface area contributed by atoms with Gasteiger partial charge in [0.05, 0.1) is 24.1 Å². The molecule has 4 rings (SSSR count). The molecule has 0 spiro atoms. The van der Waals surface area contributed by atoms with E-state index in [4.69, 9.17) is 4.74 Å². The zero-order chi connectivity index (χ0) is 24.5. The molecule has 2 fully saturated rings. The van der Waals surface area contributed by atoms with E-state index in [1.165, 1.54) is 0 Å². The van der Waals surface area contributed by atoms with Crippen LogP contribution in [0.15, 0.2) is 42.5 Å². The van der Waals surface area contributed by atoms with Crippen molar-refractivity contribution in [2.75, 3.05) is 23.9 Å². The van der Waals surface area contributed by atoms with Gasteiger partial charge in [-0.1, -0.05) is 25.1 Å². The topological polar surface area (TPSA) is 105 Å². The van der Waals surface area contributed by atoms with Crippen LogP contribution in [-0.2, 0) is 24.6 Å². The first kappa shape index (κ1) is 23.5. The molecule has 4 amide bonds. The van der Waals surface area contributed by atoms with Crippen LogP contribution in [0, 0.1) is 12.8 Å². The van der Waals surface area contributed by atoms with Crippen molar-refractivity contribution in [2.45, 2.75) is 44.9 Å². The molecule has 0 saturated carbocycles. The van der Waals surface area contributed by atoms with E-state index in [-0.39, 0.29) is 36.6 Å². The third-order valence-corrected chi connectivity index (χ3v) is 6.90. The Kier molecular flexibility index (Phi) is 6.41. The molecule has 34 heavy (non-hydrogen) atoms. The van der Waals surface area contributed by atoms with Gasteiger partial charge in [-0.2, -0.15) is 0 Å². The number of benzene rings is 2. The normalized spacial score (nSPS) is 22.5. The van der Waals surface area contributed by atoms with E-state index < -0.39 is 11.3 Å². The standard InChI is InChI=1S/C26H29N3O5/c1-4-26(12-11-22(30)28-25(26)33)18-6-8-19(9-7-18)27-24(32)17-14-23(31)29(15-17)20-13-16(2)5-10-21(20)34-3/h5-10,13,17H,4,11-12,14-15H2,1-3H3,(H,27,32)(H,28,30,33). The molecule has 2 aliphatic heterocycles. The fraction of sp³-hybridized carbons (Fsp3) is 0.385. The van der Waals surface area contributed by atoms with Crippen LogP contribution >= 0.6 is 0 Å². The average Bonchev–Trinajstić information content (AvgIpc) is 3.22. The van der Waals surface area contributed by atoms with E-state index in [1.54, 1.807) is 24.1 Å². The zero-order valence-corrected chi connectivity index (χ0v) is 19.6.